The molecule has 0 radical (unpaired) electrons. The van der Waals surface area contributed by atoms with Crippen molar-refractivity contribution in [2.24, 2.45) is 0 Å². The maximum absolute atomic E-state index is 11.7. The van der Waals surface area contributed by atoms with E-state index in [2.05, 4.69) is 20.7 Å². The van der Waals surface area contributed by atoms with Crippen LogP contribution in [-0.4, -0.2) is 19.0 Å². The predicted molar refractivity (Wildman–Crippen MR) is 69.1 cm³/mol. The average Bonchev–Trinajstić information content (AvgIpc) is 2.85. The second kappa shape index (κ2) is 5.71. The Labute approximate surface area is 117 Å². The van der Waals surface area contributed by atoms with Gasteiger partial charge in [0.25, 0.3) is 0 Å². The molecule has 98 valence electrons. The maximum atomic E-state index is 11.7. The highest BCUT2D eigenvalue weighted by Crippen LogP contribution is 2.18. The van der Waals surface area contributed by atoms with Gasteiger partial charge in [-0.1, -0.05) is 6.07 Å². The van der Waals surface area contributed by atoms with E-state index in [0.717, 1.165) is 0 Å². The molecular formula is C13H9BrO5. The highest BCUT2D eigenvalue weighted by molar-refractivity contribution is 9.10. The van der Waals surface area contributed by atoms with Gasteiger partial charge in [-0.15, -0.1) is 0 Å². The first-order chi connectivity index (χ1) is 9.10. The summed E-state index contributed by atoms with van der Waals surface area (Å²) in [5.74, 6) is -0.845. The minimum absolute atomic E-state index is 0.0651. The summed E-state index contributed by atoms with van der Waals surface area (Å²) in [5.41, 5.74) is 0.299. The van der Waals surface area contributed by atoms with Gasteiger partial charge in [-0.25, -0.2) is 9.59 Å². The largest absolute Gasteiger partial charge is 0.465 e. The molecule has 2 rings (SSSR count). The lowest BCUT2D eigenvalue weighted by atomic mass is 10.2. The number of furan rings is 1. The molecule has 0 fully saturated rings. The quantitative estimate of drug-likeness (QED) is 0.641. The molecule has 1 aromatic carbocycles. The van der Waals surface area contributed by atoms with Crippen LogP contribution in [-0.2, 0) is 4.74 Å². The van der Waals surface area contributed by atoms with Crippen molar-refractivity contribution >= 4 is 27.9 Å². The van der Waals surface area contributed by atoms with Crippen molar-refractivity contribution < 1.29 is 23.5 Å². The molecule has 1 heterocycles. The Balaban J connectivity index is 2.15. The number of carbonyl (C=O) groups excluding carboxylic acids is 2. The molecule has 0 atom stereocenters. The van der Waals surface area contributed by atoms with E-state index in [9.17, 15) is 9.59 Å². The molecule has 0 aliphatic heterocycles. The monoisotopic (exact) mass is 324 g/mol. The molecule has 0 saturated carbocycles. The first-order valence-corrected chi connectivity index (χ1v) is 6.05. The normalized spacial score (nSPS) is 10.0. The Morgan fingerprint density at radius 1 is 1.16 bits per heavy atom. The maximum Gasteiger partial charge on any atom is 0.379 e. The van der Waals surface area contributed by atoms with E-state index >= 15 is 0 Å². The van der Waals surface area contributed by atoms with E-state index in [1.807, 2.05) is 0 Å². The van der Waals surface area contributed by atoms with Gasteiger partial charge in [0.2, 0.25) is 5.76 Å². The van der Waals surface area contributed by atoms with Crippen molar-refractivity contribution in [3.63, 3.8) is 0 Å². The number of esters is 2. The number of hydrogen-bond donors (Lipinski definition) is 0. The van der Waals surface area contributed by atoms with Crippen LogP contribution in [0.25, 0.3) is 0 Å². The molecule has 1 aromatic heterocycles. The number of benzene rings is 1. The third-order valence-electron chi connectivity index (χ3n) is 2.24. The zero-order valence-electron chi connectivity index (χ0n) is 9.88. The number of methoxy groups -OCH3 is 1. The molecule has 0 aliphatic rings. The van der Waals surface area contributed by atoms with Crippen LogP contribution in [0.3, 0.4) is 0 Å². The minimum atomic E-state index is -0.646. The van der Waals surface area contributed by atoms with Crippen molar-refractivity contribution in [2.45, 2.75) is 0 Å². The van der Waals surface area contributed by atoms with Gasteiger partial charge in [0, 0.05) is 0 Å². The summed E-state index contributed by atoms with van der Waals surface area (Å²) in [5, 5.41) is 0. The van der Waals surface area contributed by atoms with Crippen molar-refractivity contribution in [3.05, 3.63) is 52.4 Å². The molecule has 0 amide bonds. The van der Waals surface area contributed by atoms with Crippen LogP contribution in [0.2, 0.25) is 0 Å². The molecule has 0 saturated heterocycles. The SMILES string of the molecule is COC(=O)c1cccc(OC(=O)c2ccc(Br)o2)c1. The fourth-order valence-corrected chi connectivity index (χ4v) is 1.69. The van der Waals surface area contributed by atoms with Gasteiger partial charge in [-0.2, -0.15) is 0 Å². The number of rotatable bonds is 3. The lowest BCUT2D eigenvalue weighted by Gasteiger charge is -2.04. The summed E-state index contributed by atoms with van der Waals surface area (Å²) in [6, 6.07) is 9.20. The Bertz CT molecular complexity index is 617. The molecule has 2 aromatic rings. The van der Waals surface area contributed by atoms with Crippen LogP contribution in [0.4, 0.5) is 0 Å². The highest BCUT2D eigenvalue weighted by atomic mass is 79.9. The average molecular weight is 325 g/mol. The summed E-state index contributed by atoms with van der Waals surface area (Å²) in [7, 11) is 1.28. The zero-order chi connectivity index (χ0) is 13.8. The van der Waals surface area contributed by atoms with Crippen molar-refractivity contribution in [3.8, 4) is 5.75 Å². The lowest BCUT2D eigenvalue weighted by Crippen LogP contribution is -2.08. The fourth-order valence-electron chi connectivity index (χ4n) is 1.39. The molecule has 0 bridgehead atoms. The first-order valence-electron chi connectivity index (χ1n) is 5.26. The van der Waals surface area contributed by atoms with E-state index in [4.69, 9.17) is 9.15 Å². The van der Waals surface area contributed by atoms with Gasteiger partial charge >= 0.3 is 11.9 Å². The van der Waals surface area contributed by atoms with Crippen molar-refractivity contribution in [1.82, 2.24) is 0 Å². The minimum Gasteiger partial charge on any atom is -0.465 e. The van der Waals surface area contributed by atoms with Crippen LogP contribution in [0.1, 0.15) is 20.9 Å². The van der Waals surface area contributed by atoms with Gasteiger partial charge < -0.3 is 13.9 Å². The Hall–Kier alpha value is -2.08. The summed E-state index contributed by atoms with van der Waals surface area (Å²) >= 11 is 3.09. The van der Waals surface area contributed by atoms with Gasteiger partial charge in [0.1, 0.15) is 5.75 Å². The smallest absolute Gasteiger partial charge is 0.379 e. The van der Waals surface area contributed by atoms with Crippen LogP contribution >= 0.6 is 15.9 Å². The number of carbonyl (C=O) groups is 2. The predicted octanol–water partition coefficient (Wildman–Crippen LogP) is 3.05. The van der Waals surface area contributed by atoms with Crippen molar-refractivity contribution in [2.75, 3.05) is 7.11 Å². The fraction of sp³-hybridized carbons (Fsp3) is 0.0769. The van der Waals surface area contributed by atoms with E-state index in [-0.39, 0.29) is 11.5 Å². The molecule has 0 spiro atoms. The van der Waals surface area contributed by atoms with Gasteiger partial charge in [0.15, 0.2) is 4.67 Å². The molecule has 0 aliphatic carbocycles. The van der Waals surface area contributed by atoms with Crippen LogP contribution in [0, 0.1) is 0 Å². The first kappa shape index (κ1) is 13.4. The van der Waals surface area contributed by atoms with Crippen molar-refractivity contribution in [1.29, 1.82) is 0 Å². The number of hydrogen-bond acceptors (Lipinski definition) is 5. The van der Waals surface area contributed by atoms with Gasteiger partial charge in [0.05, 0.1) is 12.7 Å². The molecule has 0 N–H and O–H groups in total. The standard InChI is InChI=1S/C13H9BrO5/c1-17-12(15)8-3-2-4-9(7-8)18-13(16)10-5-6-11(14)19-10/h2-7H,1H3. The Morgan fingerprint density at radius 2 is 1.95 bits per heavy atom. The van der Waals surface area contributed by atoms with E-state index in [1.54, 1.807) is 24.3 Å². The van der Waals surface area contributed by atoms with E-state index in [0.29, 0.717) is 10.2 Å². The molecule has 0 unspecified atom stereocenters. The summed E-state index contributed by atoms with van der Waals surface area (Å²) in [6.07, 6.45) is 0. The lowest BCUT2D eigenvalue weighted by molar-refractivity contribution is 0.0597. The zero-order valence-corrected chi connectivity index (χ0v) is 11.5. The molecule has 6 heteroatoms. The molecular weight excluding hydrogens is 316 g/mol. The summed E-state index contributed by atoms with van der Waals surface area (Å²) in [4.78, 5) is 23.1. The molecule has 19 heavy (non-hydrogen) atoms. The second-order valence-electron chi connectivity index (χ2n) is 3.51. The topological polar surface area (TPSA) is 65.7 Å². The number of halogens is 1. The van der Waals surface area contributed by atoms with Gasteiger partial charge in [-0.05, 0) is 46.3 Å². The Kier molecular flexibility index (Phi) is 4.01. The Morgan fingerprint density at radius 3 is 2.58 bits per heavy atom. The second-order valence-corrected chi connectivity index (χ2v) is 4.29. The van der Waals surface area contributed by atoms with Crippen LogP contribution in [0.15, 0.2) is 45.5 Å². The third-order valence-corrected chi connectivity index (χ3v) is 2.67. The third kappa shape index (κ3) is 3.23. The van der Waals surface area contributed by atoms with E-state index < -0.39 is 11.9 Å². The van der Waals surface area contributed by atoms with Crippen LogP contribution < -0.4 is 4.74 Å². The number of ether oxygens (including phenoxy) is 2. The molecule has 5 nitrogen and oxygen atoms in total. The van der Waals surface area contributed by atoms with Crippen LogP contribution in [0.5, 0.6) is 5.75 Å². The highest BCUT2D eigenvalue weighted by Gasteiger charge is 2.14. The van der Waals surface area contributed by atoms with E-state index in [1.165, 1.54) is 19.2 Å². The summed E-state index contributed by atoms with van der Waals surface area (Å²) in [6.45, 7) is 0. The van der Waals surface area contributed by atoms with Gasteiger partial charge in [-0.3, -0.25) is 0 Å². The summed E-state index contributed by atoms with van der Waals surface area (Å²) < 4.78 is 15.2.